The molecule has 4 aromatic rings. The molecule has 0 saturated carbocycles. The van der Waals surface area contributed by atoms with Gasteiger partial charge in [0.25, 0.3) is 0 Å². The third-order valence-electron chi connectivity index (χ3n) is 7.85. The maximum atomic E-state index is 3.81. The van der Waals surface area contributed by atoms with E-state index in [1.165, 1.54) is 27.1 Å². The molecule has 170 valence electrons. The summed E-state index contributed by atoms with van der Waals surface area (Å²) in [6.07, 6.45) is 0. The summed E-state index contributed by atoms with van der Waals surface area (Å²) in [6.45, 7) is 14.2. The van der Waals surface area contributed by atoms with Crippen molar-refractivity contribution in [3.8, 4) is 33.3 Å². The summed E-state index contributed by atoms with van der Waals surface area (Å²) in [6, 6.07) is 25.9. The van der Waals surface area contributed by atoms with Crippen LogP contribution < -0.4 is 0 Å². The average molecular weight is 524 g/mol. The second-order valence-corrected chi connectivity index (χ2v) is 15.6. The highest BCUT2D eigenvalue weighted by Gasteiger charge is 2.40. The van der Waals surface area contributed by atoms with Gasteiger partial charge in [-0.25, -0.2) is 0 Å². The van der Waals surface area contributed by atoms with Crippen LogP contribution in [0.15, 0.2) is 72.8 Å². The summed E-state index contributed by atoms with van der Waals surface area (Å²) in [5, 5.41) is 5.05. The van der Waals surface area contributed by atoms with Crippen molar-refractivity contribution in [1.82, 2.24) is 0 Å². The van der Waals surface area contributed by atoms with E-state index in [2.05, 4.69) is 152 Å². The Morgan fingerprint density at radius 3 is 1.65 bits per heavy atom. The van der Waals surface area contributed by atoms with Crippen molar-refractivity contribution >= 4 is 45.5 Å². The molecule has 0 radical (unpaired) electrons. The molecule has 0 aromatic heterocycles. The van der Waals surface area contributed by atoms with Gasteiger partial charge in [0.1, 0.15) is 8.07 Å². The molecule has 0 aliphatic heterocycles. The molecule has 0 unspecified atom stereocenters. The molecule has 4 rings (SSSR count). The lowest BCUT2D eigenvalue weighted by Crippen LogP contribution is -2.41. The van der Waals surface area contributed by atoms with Crippen LogP contribution in [0.5, 0.6) is 0 Å². The van der Waals surface area contributed by atoms with E-state index in [0.29, 0.717) is 5.92 Å². The highest BCUT2D eigenvalue weighted by Crippen LogP contribution is 2.44. The molecular formula is C32H31BrSi. The van der Waals surface area contributed by atoms with Gasteiger partial charge in [-0.05, 0) is 49.5 Å². The molecule has 0 N–H and O–H groups in total. The van der Waals surface area contributed by atoms with E-state index in [9.17, 15) is 0 Å². The predicted molar refractivity (Wildman–Crippen MR) is 156 cm³/mol. The van der Waals surface area contributed by atoms with E-state index in [-0.39, 0.29) is 5.04 Å². The lowest BCUT2D eigenvalue weighted by atomic mass is 9.87. The van der Waals surface area contributed by atoms with Crippen molar-refractivity contribution in [2.24, 2.45) is 5.92 Å². The molecular weight excluding hydrogens is 492 g/mol. The Hall–Kier alpha value is -2.78. The second kappa shape index (κ2) is 9.46. The average Bonchev–Trinajstić information content (AvgIpc) is 2.82. The Balaban J connectivity index is 2.09. The van der Waals surface area contributed by atoms with Gasteiger partial charge in [0, 0.05) is 38.2 Å². The summed E-state index contributed by atoms with van der Waals surface area (Å²) in [4.78, 5) is 2.95. The zero-order chi connectivity index (χ0) is 24.5. The molecule has 0 amide bonds. The first-order valence-electron chi connectivity index (χ1n) is 11.9. The van der Waals surface area contributed by atoms with Crippen molar-refractivity contribution in [1.29, 1.82) is 0 Å². The number of fused-ring (bicyclic) bond motifs is 2. The minimum absolute atomic E-state index is 0.211. The number of hydrogen-bond acceptors (Lipinski definition) is 0. The van der Waals surface area contributed by atoms with Gasteiger partial charge >= 0.3 is 0 Å². The molecule has 0 bridgehead atoms. The maximum absolute atomic E-state index is 3.81. The fourth-order valence-electron chi connectivity index (χ4n) is 4.45. The molecule has 34 heavy (non-hydrogen) atoms. The van der Waals surface area contributed by atoms with Gasteiger partial charge in [-0.1, -0.05) is 113 Å². The Bertz CT molecular complexity index is 1500. The molecule has 0 heterocycles. The molecule has 0 saturated heterocycles. The molecule has 0 nitrogen and oxygen atoms in total. The minimum Gasteiger partial charge on any atom is -0.126 e. The number of halogens is 1. The van der Waals surface area contributed by atoms with Gasteiger partial charge in [0.2, 0.25) is 0 Å². The molecule has 4 aromatic carbocycles. The van der Waals surface area contributed by atoms with Crippen LogP contribution in [0.3, 0.4) is 0 Å². The van der Waals surface area contributed by atoms with Crippen LogP contribution in [-0.2, 0) is 0 Å². The van der Waals surface area contributed by atoms with E-state index in [1.807, 2.05) is 0 Å². The van der Waals surface area contributed by atoms with E-state index in [0.717, 1.165) is 16.7 Å². The predicted octanol–water partition coefficient (Wildman–Crippen LogP) is 9.40. The van der Waals surface area contributed by atoms with Gasteiger partial charge in [-0.2, -0.15) is 0 Å². The lowest BCUT2D eigenvalue weighted by Gasteiger charge is -2.39. The fourth-order valence-corrected chi connectivity index (χ4v) is 6.87. The summed E-state index contributed by atoms with van der Waals surface area (Å²) < 4.78 is 0. The van der Waals surface area contributed by atoms with Crippen molar-refractivity contribution < 1.29 is 0 Å². The molecule has 0 atom stereocenters. The molecule has 2 heteroatoms. The van der Waals surface area contributed by atoms with Crippen LogP contribution in [0.2, 0.25) is 18.1 Å². The van der Waals surface area contributed by atoms with Crippen molar-refractivity contribution in [2.75, 3.05) is 0 Å². The summed E-state index contributed by atoms with van der Waals surface area (Å²) in [5.41, 5.74) is 8.24. The Kier molecular flexibility index (Phi) is 6.77. The van der Waals surface area contributed by atoms with Crippen LogP contribution >= 0.6 is 15.9 Å². The quantitative estimate of drug-likeness (QED) is 0.185. The fraction of sp³-hybridized carbons (Fsp3) is 0.250. The van der Waals surface area contributed by atoms with Crippen molar-refractivity contribution in [3.63, 3.8) is 0 Å². The SMILES string of the molecule is CC(C)C(C)(C)[Si](C)(C)C#Cc1ccc2ccccc2c1-c1c(C#CBr)ccc2ccccc12. The summed E-state index contributed by atoms with van der Waals surface area (Å²) in [7, 11) is -1.85. The molecule has 0 fully saturated rings. The lowest BCUT2D eigenvalue weighted by molar-refractivity contribution is 0.462. The molecule has 0 aliphatic carbocycles. The third-order valence-corrected chi connectivity index (χ3v) is 12.6. The standard InChI is InChI=1S/C32H31BrSi/c1-23(2)32(3,4)34(5,6)22-20-27-18-16-25-12-8-10-14-29(25)31(27)30-26(19-21-33)17-15-24-11-7-9-13-28(24)30/h7-18,23H,1-6H3. The van der Waals surface area contributed by atoms with E-state index in [4.69, 9.17) is 0 Å². The van der Waals surface area contributed by atoms with E-state index < -0.39 is 8.07 Å². The zero-order valence-electron chi connectivity index (χ0n) is 20.9. The highest BCUT2D eigenvalue weighted by atomic mass is 79.9. The largest absolute Gasteiger partial charge is 0.138 e. The number of hydrogen-bond donors (Lipinski definition) is 0. The van der Waals surface area contributed by atoms with Crippen LogP contribution in [0.4, 0.5) is 0 Å². The Labute approximate surface area is 213 Å². The Morgan fingerprint density at radius 2 is 1.18 bits per heavy atom. The van der Waals surface area contributed by atoms with Crippen LogP contribution in [0, 0.1) is 28.1 Å². The summed E-state index contributed by atoms with van der Waals surface area (Å²) in [5.74, 6) is 7.57. The first-order valence-corrected chi connectivity index (χ1v) is 15.7. The normalized spacial score (nSPS) is 11.8. The van der Waals surface area contributed by atoms with Crippen molar-refractivity contribution in [3.05, 3.63) is 83.9 Å². The highest BCUT2D eigenvalue weighted by molar-refractivity contribution is 9.12. The smallest absolute Gasteiger partial charge is 0.126 e. The molecule has 0 spiro atoms. The minimum atomic E-state index is -1.85. The van der Waals surface area contributed by atoms with Gasteiger partial charge in [0.15, 0.2) is 0 Å². The van der Waals surface area contributed by atoms with Crippen LogP contribution in [0.25, 0.3) is 32.7 Å². The summed E-state index contributed by atoms with van der Waals surface area (Å²) >= 11 is 3.33. The third kappa shape index (κ3) is 4.34. The monoisotopic (exact) mass is 522 g/mol. The van der Waals surface area contributed by atoms with Crippen LogP contribution in [-0.4, -0.2) is 8.07 Å². The van der Waals surface area contributed by atoms with Gasteiger partial charge in [0.05, 0.1) is 0 Å². The number of benzene rings is 4. The van der Waals surface area contributed by atoms with Gasteiger partial charge < -0.3 is 0 Å². The van der Waals surface area contributed by atoms with Crippen LogP contribution in [0.1, 0.15) is 38.8 Å². The first-order chi connectivity index (χ1) is 16.2. The van der Waals surface area contributed by atoms with E-state index in [1.54, 1.807) is 0 Å². The van der Waals surface area contributed by atoms with Crippen molar-refractivity contribution in [2.45, 2.75) is 45.8 Å². The maximum Gasteiger partial charge on any atom is 0.138 e. The van der Waals surface area contributed by atoms with E-state index >= 15 is 0 Å². The van der Waals surface area contributed by atoms with Gasteiger partial charge in [-0.3, -0.25) is 0 Å². The topological polar surface area (TPSA) is 0 Å². The first kappa shape index (κ1) is 24.3. The molecule has 0 aliphatic rings. The number of rotatable bonds is 3. The zero-order valence-corrected chi connectivity index (χ0v) is 23.5. The van der Waals surface area contributed by atoms with Gasteiger partial charge in [-0.15, -0.1) is 5.54 Å². The second-order valence-electron chi connectivity index (χ2n) is 10.4. The Morgan fingerprint density at radius 1 is 0.706 bits per heavy atom.